The van der Waals surface area contributed by atoms with Crippen molar-refractivity contribution in [1.29, 1.82) is 5.26 Å². The molecule has 0 saturated heterocycles. The summed E-state index contributed by atoms with van der Waals surface area (Å²) in [4.78, 5) is 33.7. The predicted molar refractivity (Wildman–Crippen MR) is 253 cm³/mol. The highest BCUT2D eigenvalue weighted by Gasteiger charge is 2.23. The van der Waals surface area contributed by atoms with Crippen LogP contribution in [0.2, 0.25) is 0 Å². The van der Waals surface area contributed by atoms with Crippen LogP contribution in [0.1, 0.15) is 169 Å². The van der Waals surface area contributed by atoms with Gasteiger partial charge in [-0.1, -0.05) is 165 Å². The number of fused-ring (bicyclic) bond motifs is 3. The molecule has 0 atom stereocenters. The average molecular weight is 799 g/mol. The van der Waals surface area contributed by atoms with Gasteiger partial charge in [0.2, 0.25) is 0 Å². The molecule has 6 nitrogen and oxygen atoms in total. The molecule has 6 aromatic rings. The standard InChI is InChI=1S/C54H62N4O2/c1-4-6-8-10-12-14-16-18-20-22-47-49-38-36-45(34-30-41-24-26-43(40-55)27-25-41)57(49)53(59)51-48(23-21-19-17-15-13-11-9-7-5-2)50-39-37-46(58(50)54(60)52(47)51)35-31-42-28-32-44(56-3)33-29-42/h24-39H,4-23H2,1-2H3/b34-30+,35-31+. The second kappa shape index (κ2) is 22.6. The fourth-order valence-electron chi connectivity index (χ4n) is 8.77. The molecule has 0 aliphatic rings. The maximum Gasteiger partial charge on any atom is 0.264 e. The molecule has 0 amide bonds. The first-order valence-electron chi connectivity index (χ1n) is 22.8. The van der Waals surface area contributed by atoms with Gasteiger partial charge < -0.3 is 0 Å². The number of unbranched alkanes of at least 4 members (excludes halogenated alkanes) is 16. The van der Waals surface area contributed by atoms with Gasteiger partial charge in [-0.05, 0) is 96.5 Å². The number of hydrogen-bond acceptors (Lipinski definition) is 3. The Morgan fingerprint density at radius 3 is 1.28 bits per heavy atom. The minimum absolute atomic E-state index is 0.134. The predicted octanol–water partition coefficient (Wildman–Crippen LogP) is 14.4. The normalized spacial score (nSPS) is 11.8. The van der Waals surface area contributed by atoms with Gasteiger partial charge in [0, 0.05) is 11.4 Å². The summed E-state index contributed by atoms with van der Waals surface area (Å²) in [5, 5.41) is 10.4. The lowest BCUT2D eigenvalue weighted by Crippen LogP contribution is -2.25. The molecule has 0 aliphatic carbocycles. The minimum atomic E-state index is -0.135. The van der Waals surface area contributed by atoms with Gasteiger partial charge in [-0.3, -0.25) is 18.4 Å². The van der Waals surface area contributed by atoms with E-state index in [1.54, 1.807) is 12.1 Å². The largest absolute Gasteiger partial charge is 0.277 e. The Labute approximate surface area is 357 Å². The lowest BCUT2D eigenvalue weighted by molar-refractivity contribution is 0.565. The van der Waals surface area contributed by atoms with E-state index in [-0.39, 0.29) is 11.1 Å². The number of hydrogen-bond donors (Lipinski definition) is 0. The molecule has 310 valence electrons. The maximum absolute atomic E-state index is 15.1. The first kappa shape index (κ1) is 43.8. The number of rotatable bonds is 24. The molecule has 2 aromatic carbocycles. The fraction of sp³-hybridized carbons (Fsp3) is 0.407. The van der Waals surface area contributed by atoms with Crippen molar-refractivity contribution in [2.45, 2.75) is 142 Å². The molecule has 6 rings (SSSR count). The molecule has 0 unspecified atom stereocenters. The molecule has 60 heavy (non-hydrogen) atoms. The van der Waals surface area contributed by atoms with Crippen LogP contribution >= 0.6 is 0 Å². The molecule has 0 bridgehead atoms. The summed E-state index contributed by atoms with van der Waals surface area (Å²) in [7, 11) is 0. The molecule has 0 radical (unpaired) electrons. The van der Waals surface area contributed by atoms with Crippen molar-refractivity contribution in [3.8, 4) is 6.07 Å². The molecular weight excluding hydrogens is 737 g/mol. The van der Waals surface area contributed by atoms with E-state index in [2.05, 4.69) is 24.8 Å². The number of pyridine rings is 2. The van der Waals surface area contributed by atoms with E-state index in [1.807, 2.05) is 93.8 Å². The molecule has 0 aliphatic heterocycles. The summed E-state index contributed by atoms with van der Waals surface area (Å²) in [6, 6.07) is 25.1. The molecule has 0 saturated carbocycles. The molecule has 4 aromatic heterocycles. The summed E-state index contributed by atoms with van der Waals surface area (Å²) < 4.78 is 3.69. The Balaban J connectivity index is 1.43. The number of nitriles is 1. The maximum atomic E-state index is 15.1. The van der Waals surface area contributed by atoms with Crippen molar-refractivity contribution >= 4 is 51.8 Å². The second-order valence-electron chi connectivity index (χ2n) is 16.5. The van der Waals surface area contributed by atoms with Gasteiger partial charge in [-0.15, -0.1) is 0 Å². The Morgan fingerprint density at radius 1 is 0.517 bits per heavy atom. The number of aryl methyl sites for hydroxylation is 2. The number of aromatic nitrogens is 2. The van der Waals surface area contributed by atoms with E-state index in [0.29, 0.717) is 22.0 Å². The highest BCUT2D eigenvalue weighted by molar-refractivity contribution is 5.96. The van der Waals surface area contributed by atoms with Gasteiger partial charge in [0.05, 0.1) is 40.0 Å². The van der Waals surface area contributed by atoms with Crippen LogP contribution in [0, 0.1) is 17.9 Å². The summed E-state index contributed by atoms with van der Waals surface area (Å²) in [6.07, 6.45) is 31.1. The van der Waals surface area contributed by atoms with Crippen LogP contribution in [0.15, 0.2) is 82.4 Å². The van der Waals surface area contributed by atoms with Crippen LogP contribution in [0.3, 0.4) is 0 Å². The van der Waals surface area contributed by atoms with Gasteiger partial charge in [0.15, 0.2) is 5.69 Å². The van der Waals surface area contributed by atoms with Gasteiger partial charge >= 0.3 is 0 Å². The van der Waals surface area contributed by atoms with E-state index in [4.69, 9.17) is 6.57 Å². The van der Waals surface area contributed by atoms with Crippen LogP contribution in [-0.4, -0.2) is 8.80 Å². The van der Waals surface area contributed by atoms with E-state index >= 15 is 9.59 Å². The van der Waals surface area contributed by atoms with E-state index in [0.717, 1.165) is 83.2 Å². The Morgan fingerprint density at radius 2 is 0.900 bits per heavy atom. The molecule has 4 heterocycles. The molecule has 6 heteroatoms. The summed E-state index contributed by atoms with van der Waals surface area (Å²) in [5.41, 5.74) is 7.91. The third kappa shape index (κ3) is 10.9. The zero-order valence-corrected chi connectivity index (χ0v) is 36.0. The minimum Gasteiger partial charge on any atom is -0.277 e. The van der Waals surface area contributed by atoms with Crippen LogP contribution in [0.5, 0.6) is 0 Å². The summed E-state index contributed by atoms with van der Waals surface area (Å²) in [5.74, 6) is 0. The summed E-state index contributed by atoms with van der Waals surface area (Å²) >= 11 is 0. The number of benzene rings is 2. The lowest BCUT2D eigenvalue weighted by atomic mass is 9.95. The first-order chi connectivity index (χ1) is 29.5. The zero-order chi connectivity index (χ0) is 42.1. The second-order valence-corrected chi connectivity index (χ2v) is 16.5. The topological polar surface area (TPSA) is 71.1 Å². The third-order valence-corrected chi connectivity index (χ3v) is 12.1. The molecule has 0 N–H and O–H groups in total. The Kier molecular flexibility index (Phi) is 16.5. The van der Waals surface area contributed by atoms with Crippen molar-refractivity contribution in [1.82, 2.24) is 8.80 Å². The van der Waals surface area contributed by atoms with Crippen LogP contribution in [-0.2, 0) is 12.8 Å². The van der Waals surface area contributed by atoms with Crippen molar-refractivity contribution in [3.63, 3.8) is 0 Å². The quantitative estimate of drug-likeness (QED) is 0.0452. The molecule has 0 fully saturated rings. The van der Waals surface area contributed by atoms with E-state index in [9.17, 15) is 5.26 Å². The van der Waals surface area contributed by atoms with Crippen LogP contribution in [0.4, 0.5) is 5.69 Å². The highest BCUT2D eigenvalue weighted by Crippen LogP contribution is 2.30. The van der Waals surface area contributed by atoms with Crippen LogP contribution in [0.25, 0.3) is 51.0 Å². The van der Waals surface area contributed by atoms with Crippen LogP contribution < -0.4 is 11.1 Å². The Hall–Kier alpha value is -5.72. The van der Waals surface area contributed by atoms with Gasteiger partial charge in [-0.2, -0.15) is 5.26 Å². The zero-order valence-electron chi connectivity index (χ0n) is 36.0. The molecule has 0 spiro atoms. The van der Waals surface area contributed by atoms with E-state index < -0.39 is 0 Å². The highest BCUT2D eigenvalue weighted by atomic mass is 16.1. The summed E-state index contributed by atoms with van der Waals surface area (Å²) in [6.45, 7) is 11.8. The van der Waals surface area contributed by atoms with Gasteiger partial charge in [0.25, 0.3) is 11.1 Å². The number of nitrogens with zero attached hydrogens (tertiary/aromatic N) is 4. The monoisotopic (exact) mass is 798 g/mol. The molecular formula is C54H62N4O2. The third-order valence-electron chi connectivity index (χ3n) is 12.1. The average Bonchev–Trinajstić information content (AvgIpc) is 3.91. The van der Waals surface area contributed by atoms with Gasteiger partial charge in [-0.25, -0.2) is 4.85 Å². The van der Waals surface area contributed by atoms with Crippen molar-refractivity contribution in [2.75, 3.05) is 0 Å². The smallest absolute Gasteiger partial charge is 0.264 e. The van der Waals surface area contributed by atoms with Crippen molar-refractivity contribution < 1.29 is 0 Å². The van der Waals surface area contributed by atoms with Crippen molar-refractivity contribution in [3.05, 3.63) is 144 Å². The van der Waals surface area contributed by atoms with E-state index in [1.165, 1.54) is 89.9 Å². The lowest BCUT2D eigenvalue weighted by Gasteiger charge is -2.16. The first-order valence-corrected chi connectivity index (χ1v) is 22.8. The fourth-order valence-corrected chi connectivity index (χ4v) is 8.77. The van der Waals surface area contributed by atoms with Gasteiger partial charge in [0.1, 0.15) is 0 Å². The SMILES string of the molecule is [C-]#[N+]c1ccc(/C=C/c2ccc3c(CCCCCCCCCCC)c4c(=O)n5c(/C=C/c6ccc(C#N)cc6)ccc5c(CCCCCCCCCCC)c4c(=O)n23)cc1. The van der Waals surface area contributed by atoms with Crippen molar-refractivity contribution in [2.24, 2.45) is 0 Å². The Bertz CT molecular complexity index is 2400.